The number of fused-ring (bicyclic) bond motifs is 2. The molecule has 0 radical (unpaired) electrons. The van der Waals surface area contributed by atoms with Gasteiger partial charge >= 0.3 is 0 Å². The van der Waals surface area contributed by atoms with Crippen molar-refractivity contribution < 1.29 is 14.3 Å². The topological polar surface area (TPSA) is 69.5 Å². The number of amides is 1. The maximum atomic E-state index is 13.1. The van der Waals surface area contributed by atoms with Gasteiger partial charge < -0.3 is 14.4 Å². The lowest BCUT2D eigenvalue weighted by atomic mass is 9.79. The van der Waals surface area contributed by atoms with Crippen LogP contribution in [0.15, 0.2) is 55.1 Å². The van der Waals surface area contributed by atoms with Gasteiger partial charge in [-0.2, -0.15) is 0 Å². The van der Waals surface area contributed by atoms with E-state index in [0.717, 1.165) is 30.7 Å². The number of ether oxygens (including phenoxy) is 2. The highest BCUT2D eigenvalue weighted by Gasteiger charge is 2.41. The van der Waals surface area contributed by atoms with Gasteiger partial charge in [0.05, 0.1) is 19.3 Å². The SMILES string of the molecule is COc1ccc2c(c1)CCOC21CCN(C(=O)c2cccc(-n3cnnc3)c2)CC1. The first kappa shape index (κ1) is 18.8. The number of piperidine rings is 1. The molecule has 7 heteroatoms. The predicted molar refractivity (Wildman–Crippen MR) is 111 cm³/mol. The Kier molecular flexibility index (Phi) is 4.75. The molecule has 0 bridgehead atoms. The second-order valence-electron chi connectivity index (χ2n) is 7.83. The van der Waals surface area contributed by atoms with Gasteiger partial charge in [-0.3, -0.25) is 9.36 Å². The summed E-state index contributed by atoms with van der Waals surface area (Å²) in [5.74, 6) is 0.928. The highest BCUT2D eigenvalue weighted by Crippen LogP contribution is 2.42. The highest BCUT2D eigenvalue weighted by atomic mass is 16.5. The first-order valence-corrected chi connectivity index (χ1v) is 10.2. The number of likely N-dealkylation sites (tertiary alicyclic amines) is 1. The summed E-state index contributed by atoms with van der Waals surface area (Å²) >= 11 is 0. The number of hydrogen-bond acceptors (Lipinski definition) is 5. The molecule has 30 heavy (non-hydrogen) atoms. The molecule has 3 heterocycles. The monoisotopic (exact) mass is 404 g/mol. The van der Waals surface area contributed by atoms with E-state index in [-0.39, 0.29) is 11.5 Å². The molecule has 0 saturated carbocycles. The van der Waals surface area contributed by atoms with E-state index < -0.39 is 0 Å². The number of methoxy groups -OCH3 is 1. The van der Waals surface area contributed by atoms with Crippen molar-refractivity contribution in [2.45, 2.75) is 24.9 Å². The lowest BCUT2D eigenvalue weighted by molar-refractivity contribution is -0.0935. The average Bonchev–Trinajstić information content (AvgIpc) is 3.34. The minimum Gasteiger partial charge on any atom is -0.497 e. The van der Waals surface area contributed by atoms with Gasteiger partial charge in [0.1, 0.15) is 18.4 Å². The Labute approximate surface area is 175 Å². The fourth-order valence-electron chi connectivity index (χ4n) is 4.58. The third-order valence-corrected chi connectivity index (χ3v) is 6.22. The molecule has 2 aliphatic heterocycles. The number of nitrogens with zero attached hydrogens (tertiary/aromatic N) is 4. The molecule has 7 nitrogen and oxygen atoms in total. The first-order chi connectivity index (χ1) is 14.7. The second kappa shape index (κ2) is 7.57. The molecule has 0 unspecified atom stereocenters. The Morgan fingerprint density at radius 3 is 2.67 bits per heavy atom. The molecule has 2 aromatic carbocycles. The molecule has 3 aromatic rings. The van der Waals surface area contributed by atoms with Crippen LogP contribution in [-0.4, -0.2) is 52.4 Å². The van der Waals surface area contributed by atoms with E-state index in [9.17, 15) is 4.79 Å². The quantitative estimate of drug-likeness (QED) is 0.671. The molecule has 2 aliphatic rings. The number of rotatable bonds is 3. The Bertz CT molecular complexity index is 1060. The van der Waals surface area contributed by atoms with E-state index in [4.69, 9.17) is 9.47 Å². The summed E-state index contributed by atoms with van der Waals surface area (Å²) in [4.78, 5) is 15.1. The molecule has 1 spiro atoms. The standard InChI is InChI=1S/C23H24N4O3/c1-29-20-5-6-21-17(14-20)7-12-30-23(21)8-10-26(11-9-23)22(28)18-3-2-4-19(13-18)27-15-24-25-16-27/h2-6,13-16H,7-12H2,1H3. The fraction of sp³-hybridized carbons (Fsp3) is 0.348. The third-order valence-electron chi connectivity index (χ3n) is 6.22. The zero-order chi connectivity index (χ0) is 20.6. The number of aromatic nitrogens is 3. The molecule has 1 saturated heterocycles. The lowest BCUT2D eigenvalue weighted by Gasteiger charge is -2.45. The van der Waals surface area contributed by atoms with Crippen LogP contribution in [0.1, 0.15) is 34.3 Å². The normalized spacial score (nSPS) is 17.6. The van der Waals surface area contributed by atoms with Crippen molar-refractivity contribution in [1.82, 2.24) is 19.7 Å². The van der Waals surface area contributed by atoms with Crippen LogP contribution in [0.3, 0.4) is 0 Å². The van der Waals surface area contributed by atoms with E-state index in [1.165, 1.54) is 11.1 Å². The molecular weight excluding hydrogens is 380 g/mol. The van der Waals surface area contributed by atoms with Crippen molar-refractivity contribution in [3.63, 3.8) is 0 Å². The van der Waals surface area contributed by atoms with Gasteiger partial charge in [0, 0.05) is 24.3 Å². The molecule has 1 aromatic heterocycles. The molecule has 0 N–H and O–H groups in total. The third kappa shape index (κ3) is 3.25. The van der Waals surface area contributed by atoms with E-state index in [1.54, 1.807) is 24.3 Å². The van der Waals surface area contributed by atoms with Crippen LogP contribution in [0.25, 0.3) is 5.69 Å². The van der Waals surface area contributed by atoms with Gasteiger partial charge in [-0.1, -0.05) is 12.1 Å². The van der Waals surface area contributed by atoms with Crippen LogP contribution in [0.4, 0.5) is 0 Å². The Morgan fingerprint density at radius 1 is 1.10 bits per heavy atom. The van der Waals surface area contributed by atoms with Gasteiger partial charge in [-0.05, 0) is 60.7 Å². The summed E-state index contributed by atoms with van der Waals surface area (Å²) in [7, 11) is 1.69. The molecule has 1 amide bonds. The molecule has 154 valence electrons. The summed E-state index contributed by atoms with van der Waals surface area (Å²) in [6.45, 7) is 2.04. The van der Waals surface area contributed by atoms with Crippen molar-refractivity contribution in [3.8, 4) is 11.4 Å². The number of benzene rings is 2. The zero-order valence-electron chi connectivity index (χ0n) is 17.0. The van der Waals surface area contributed by atoms with Crippen molar-refractivity contribution in [1.29, 1.82) is 0 Å². The predicted octanol–water partition coefficient (Wildman–Crippen LogP) is 2.98. The van der Waals surface area contributed by atoms with Crippen molar-refractivity contribution in [3.05, 3.63) is 71.8 Å². The molecule has 0 atom stereocenters. The van der Waals surface area contributed by atoms with Crippen LogP contribution in [0.2, 0.25) is 0 Å². The molecular formula is C23H24N4O3. The van der Waals surface area contributed by atoms with Crippen molar-refractivity contribution in [2.75, 3.05) is 26.8 Å². The summed E-state index contributed by atoms with van der Waals surface area (Å²) in [6, 6.07) is 13.8. The second-order valence-corrected chi connectivity index (χ2v) is 7.83. The van der Waals surface area contributed by atoms with Crippen molar-refractivity contribution in [2.24, 2.45) is 0 Å². The van der Waals surface area contributed by atoms with Gasteiger partial charge in [0.15, 0.2) is 0 Å². The number of carbonyl (C=O) groups excluding carboxylic acids is 1. The van der Waals surface area contributed by atoms with E-state index in [1.807, 2.05) is 35.2 Å². The van der Waals surface area contributed by atoms with Crippen LogP contribution < -0.4 is 4.74 Å². The Hall–Kier alpha value is -3.19. The zero-order valence-corrected chi connectivity index (χ0v) is 17.0. The summed E-state index contributed by atoms with van der Waals surface area (Å²) in [5.41, 5.74) is 3.78. The van der Waals surface area contributed by atoms with Gasteiger partial charge in [0.2, 0.25) is 0 Å². The van der Waals surface area contributed by atoms with E-state index in [0.29, 0.717) is 25.3 Å². The lowest BCUT2D eigenvalue weighted by Crippen LogP contribution is -2.48. The Balaban J connectivity index is 1.34. The Morgan fingerprint density at radius 2 is 1.90 bits per heavy atom. The van der Waals surface area contributed by atoms with Crippen LogP contribution in [-0.2, 0) is 16.8 Å². The van der Waals surface area contributed by atoms with E-state index >= 15 is 0 Å². The van der Waals surface area contributed by atoms with Gasteiger partial charge in [-0.25, -0.2) is 0 Å². The smallest absolute Gasteiger partial charge is 0.253 e. The van der Waals surface area contributed by atoms with E-state index in [2.05, 4.69) is 22.3 Å². The molecule has 5 rings (SSSR count). The fourth-order valence-corrected chi connectivity index (χ4v) is 4.58. The van der Waals surface area contributed by atoms with Gasteiger partial charge in [-0.15, -0.1) is 10.2 Å². The number of hydrogen-bond donors (Lipinski definition) is 0. The van der Waals surface area contributed by atoms with Crippen LogP contribution in [0, 0.1) is 0 Å². The summed E-state index contributed by atoms with van der Waals surface area (Å²) < 4.78 is 13.5. The summed E-state index contributed by atoms with van der Waals surface area (Å²) in [6.07, 6.45) is 5.74. The molecule has 1 fully saturated rings. The maximum Gasteiger partial charge on any atom is 0.253 e. The first-order valence-electron chi connectivity index (χ1n) is 10.2. The highest BCUT2D eigenvalue weighted by molar-refractivity contribution is 5.94. The molecule has 0 aliphatic carbocycles. The maximum absolute atomic E-state index is 13.1. The van der Waals surface area contributed by atoms with Crippen molar-refractivity contribution >= 4 is 5.91 Å². The minimum atomic E-state index is -0.305. The largest absolute Gasteiger partial charge is 0.497 e. The minimum absolute atomic E-state index is 0.0468. The van der Waals surface area contributed by atoms with Gasteiger partial charge in [0.25, 0.3) is 5.91 Å². The number of carbonyl (C=O) groups is 1. The van der Waals surface area contributed by atoms with Crippen LogP contribution in [0.5, 0.6) is 5.75 Å². The summed E-state index contributed by atoms with van der Waals surface area (Å²) in [5, 5.41) is 7.67. The average molecular weight is 404 g/mol. The van der Waals surface area contributed by atoms with Crippen LogP contribution >= 0.6 is 0 Å².